The standard InChI is InChI=1S/C13H27N3O2S/c1-19(17,18)16-11-9-15(10-12-16)8-4-2-3-7-14-13-5-6-13/h13-14H,2-12H2,1H3. The van der Waals surface area contributed by atoms with E-state index in [1.165, 1.54) is 38.4 Å². The Morgan fingerprint density at radius 1 is 1.05 bits per heavy atom. The highest BCUT2D eigenvalue weighted by molar-refractivity contribution is 7.88. The summed E-state index contributed by atoms with van der Waals surface area (Å²) >= 11 is 0. The zero-order valence-corrected chi connectivity index (χ0v) is 12.8. The van der Waals surface area contributed by atoms with Crippen molar-refractivity contribution in [2.24, 2.45) is 0 Å². The smallest absolute Gasteiger partial charge is 0.211 e. The van der Waals surface area contributed by atoms with Gasteiger partial charge in [0.05, 0.1) is 6.26 Å². The van der Waals surface area contributed by atoms with Crippen molar-refractivity contribution in [3.63, 3.8) is 0 Å². The first-order valence-electron chi connectivity index (χ1n) is 7.46. The third kappa shape index (κ3) is 5.77. The molecule has 1 N–H and O–H groups in total. The van der Waals surface area contributed by atoms with Crippen molar-refractivity contribution in [1.82, 2.24) is 14.5 Å². The first-order chi connectivity index (χ1) is 9.05. The van der Waals surface area contributed by atoms with E-state index in [-0.39, 0.29) is 0 Å². The van der Waals surface area contributed by atoms with Crippen LogP contribution in [0.2, 0.25) is 0 Å². The summed E-state index contributed by atoms with van der Waals surface area (Å²) in [6.45, 7) is 5.35. The Balaban J connectivity index is 1.48. The molecule has 1 saturated heterocycles. The largest absolute Gasteiger partial charge is 0.314 e. The molecule has 1 saturated carbocycles. The fourth-order valence-electron chi connectivity index (χ4n) is 2.52. The third-order valence-electron chi connectivity index (χ3n) is 3.96. The second-order valence-electron chi connectivity index (χ2n) is 5.79. The number of rotatable bonds is 8. The minimum atomic E-state index is -2.99. The van der Waals surface area contributed by atoms with Gasteiger partial charge in [-0.15, -0.1) is 0 Å². The Morgan fingerprint density at radius 2 is 1.74 bits per heavy atom. The summed E-state index contributed by atoms with van der Waals surface area (Å²) in [5, 5.41) is 3.53. The summed E-state index contributed by atoms with van der Waals surface area (Å²) in [7, 11) is -2.99. The molecule has 0 amide bonds. The van der Waals surface area contributed by atoms with Crippen molar-refractivity contribution < 1.29 is 8.42 Å². The lowest BCUT2D eigenvalue weighted by atomic mass is 10.2. The van der Waals surface area contributed by atoms with Crippen molar-refractivity contribution in [3.8, 4) is 0 Å². The van der Waals surface area contributed by atoms with Gasteiger partial charge in [0.25, 0.3) is 0 Å². The van der Waals surface area contributed by atoms with Gasteiger partial charge >= 0.3 is 0 Å². The van der Waals surface area contributed by atoms with Gasteiger partial charge < -0.3 is 10.2 Å². The van der Waals surface area contributed by atoms with Crippen LogP contribution in [-0.2, 0) is 10.0 Å². The van der Waals surface area contributed by atoms with Gasteiger partial charge in [-0.1, -0.05) is 6.42 Å². The second kappa shape index (κ2) is 7.02. The molecule has 1 heterocycles. The molecule has 0 unspecified atom stereocenters. The minimum absolute atomic E-state index is 0.655. The van der Waals surface area contributed by atoms with Crippen LogP contribution in [0.25, 0.3) is 0 Å². The van der Waals surface area contributed by atoms with Crippen LogP contribution in [-0.4, -0.2) is 69.2 Å². The Labute approximate surface area is 117 Å². The van der Waals surface area contributed by atoms with E-state index in [0.29, 0.717) is 13.1 Å². The van der Waals surface area contributed by atoms with E-state index >= 15 is 0 Å². The molecule has 0 aromatic carbocycles. The highest BCUT2D eigenvalue weighted by atomic mass is 32.2. The third-order valence-corrected chi connectivity index (χ3v) is 5.26. The molecule has 112 valence electrons. The maximum absolute atomic E-state index is 11.4. The van der Waals surface area contributed by atoms with Crippen LogP contribution >= 0.6 is 0 Å². The molecular formula is C13H27N3O2S. The molecule has 0 aromatic heterocycles. The van der Waals surface area contributed by atoms with Gasteiger partial charge in [0, 0.05) is 32.2 Å². The van der Waals surface area contributed by atoms with E-state index in [4.69, 9.17) is 0 Å². The summed E-state index contributed by atoms with van der Waals surface area (Å²) in [4.78, 5) is 2.38. The maximum Gasteiger partial charge on any atom is 0.211 e. The molecule has 1 aliphatic carbocycles. The van der Waals surface area contributed by atoms with Crippen molar-refractivity contribution in [1.29, 1.82) is 0 Å². The molecule has 2 aliphatic rings. The normalized spacial score (nSPS) is 22.8. The highest BCUT2D eigenvalue weighted by Crippen LogP contribution is 2.18. The molecule has 2 rings (SSSR count). The van der Waals surface area contributed by atoms with Gasteiger partial charge in [-0.3, -0.25) is 0 Å². The molecule has 0 atom stereocenters. The number of unbranched alkanes of at least 4 members (excludes halogenated alkanes) is 2. The van der Waals surface area contributed by atoms with Crippen LogP contribution < -0.4 is 5.32 Å². The van der Waals surface area contributed by atoms with Gasteiger partial charge in [-0.2, -0.15) is 4.31 Å². The van der Waals surface area contributed by atoms with Crippen LogP contribution in [0.15, 0.2) is 0 Å². The number of nitrogens with zero attached hydrogens (tertiary/aromatic N) is 2. The molecule has 2 fully saturated rings. The average molecular weight is 289 g/mol. The summed E-state index contributed by atoms with van der Waals surface area (Å²) < 4.78 is 24.4. The molecular weight excluding hydrogens is 262 g/mol. The van der Waals surface area contributed by atoms with Crippen molar-refractivity contribution in [2.75, 3.05) is 45.5 Å². The molecule has 0 radical (unpaired) electrons. The van der Waals surface area contributed by atoms with Gasteiger partial charge in [-0.05, 0) is 38.8 Å². The van der Waals surface area contributed by atoms with E-state index in [1.807, 2.05) is 0 Å². The van der Waals surface area contributed by atoms with E-state index < -0.39 is 10.0 Å². The van der Waals surface area contributed by atoms with E-state index in [9.17, 15) is 8.42 Å². The highest BCUT2D eigenvalue weighted by Gasteiger charge is 2.22. The fourth-order valence-corrected chi connectivity index (χ4v) is 3.34. The zero-order valence-electron chi connectivity index (χ0n) is 12.0. The van der Waals surface area contributed by atoms with E-state index in [1.54, 1.807) is 4.31 Å². The van der Waals surface area contributed by atoms with Gasteiger partial charge in [0.2, 0.25) is 10.0 Å². The average Bonchev–Trinajstić information content (AvgIpc) is 3.17. The molecule has 1 aliphatic heterocycles. The minimum Gasteiger partial charge on any atom is -0.314 e. The molecule has 0 spiro atoms. The molecule has 0 aromatic rings. The Kier molecular flexibility index (Phi) is 5.62. The number of hydrogen-bond donors (Lipinski definition) is 1. The van der Waals surface area contributed by atoms with Crippen molar-refractivity contribution >= 4 is 10.0 Å². The first-order valence-corrected chi connectivity index (χ1v) is 9.31. The number of sulfonamides is 1. The number of hydrogen-bond acceptors (Lipinski definition) is 4. The summed E-state index contributed by atoms with van der Waals surface area (Å²) in [5.74, 6) is 0. The Morgan fingerprint density at radius 3 is 2.32 bits per heavy atom. The summed E-state index contributed by atoms with van der Waals surface area (Å²) in [6.07, 6.45) is 7.79. The predicted octanol–water partition coefficient (Wildman–Crippen LogP) is 0.486. The SMILES string of the molecule is CS(=O)(=O)N1CCN(CCCCCNC2CC2)CC1. The Bertz CT molecular complexity index is 360. The van der Waals surface area contributed by atoms with Gasteiger partial charge in [0.15, 0.2) is 0 Å². The molecule has 6 heteroatoms. The number of nitrogens with one attached hydrogen (secondary N) is 1. The zero-order chi connectivity index (χ0) is 13.7. The number of piperazine rings is 1. The summed E-state index contributed by atoms with van der Waals surface area (Å²) in [6, 6.07) is 0.823. The topological polar surface area (TPSA) is 52.7 Å². The molecule has 5 nitrogen and oxygen atoms in total. The van der Waals surface area contributed by atoms with Gasteiger partial charge in [-0.25, -0.2) is 8.42 Å². The summed E-state index contributed by atoms with van der Waals surface area (Å²) in [5.41, 5.74) is 0. The van der Waals surface area contributed by atoms with Crippen molar-refractivity contribution in [2.45, 2.75) is 38.1 Å². The van der Waals surface area contributed by atoms with Crippen LogP contribution in [0.5, 0.6) is 0 Å². The van der Waals surface area contributed by atoms with Crippen LogP contribution in [0.4, 0.5) is 0 Å². The van der Waals surface area contributed by atoms with Crippen molar-refractivity contribution in [3.05, 3.63) is 0 Å². The van der Waals surface area contributed by atoms with E-state index in [0.717, 1.165) is 32.2 Å². The predicted molar refractivity (Wildman–Crippen MR) is 77.7 cm³/mol. The van der Waals surface area contributed by atoms with Crippen LogP contribution in [0.3, 0.4) is 0 Å². The fraction of sp³-hybridized carbons (Fsp3) is 1.00. The van der Waals surface area contributed by atoms with Gasteiger partial charge in [0.1, 0.15) is 0 Å². The first kappa shape index (κ1) is 15.2. The van der Waals surface area contributed by atoms with Crippen LogP contribution in [0, 0.1) is 0 Å². The second-order valence-corrected chi connectivity index (χ2v) is 7.78. The van der Waals surface area contributed by atoms with Crippen LogP contribution in [0.1, 0.15) is 32.1 Å². The molecule has 19 heavy (non-hydrogen) atoms. The lowest BCUT2D eigenvalue weighted by Crippen LogP contribution is -2.48. The lowest BCUT2D eigenvalue weighted by Gasteiger charge is -2.33. The Hall–Kier alpha value is -0.170. The van der Waals surface area contributed by atoms with E-state index in [2.05, 4.69) is 10.2 Å². The molecule has 0 bridgehead atoms. The lowest BCUT2D eigenvalue weighted by molar-refractivity contribution is 0.186. The monoisotopic (exact) mass is 289 g/mol. The maximum atomic E-state index is 11.4. The quantitative estimate of drug-likeness (QED) is 0.661.